The predicted octanol–water partition coefficient (Wildman–Crippen LogP) is 1.36. The second-order valence-electron chi connectivity index (χ2n) is 0.781. The number of hydrogen-bond donors (Lipinski definition) is 3. The maximum atomic E-state index is 10.6. The van der Waals surface area contributed by atoms with Crippen LogP contribution in [0.3, 0.4) is 0 Å². The van der Waals surface area contributed by atoms with E-state index in [1.807, 2.05) is 0 Å². The zero-order chi connectivity index (χ0) is 7.33. The molecule has 0 aromatic heterocycles. The molecule has 0 amide bonds. The monoisotopic (exact) mass is 209 g/mol. The van der Waals surface area contributed by atoms with Crippen LogP contribution in [0.4, 0.5) is 0 Å². The largest absolute Gasteiger partial charge is 0.509 e. The molecule has 0 spiro atoms. The molecule has 0 aromatic rings. The third-order valence-corrected chi connectivity index (χ3v) is 3.01. The van der Waals surface area contributed by atoms with Crippen LogP contribution in [0.15, 0.2) is 0 Å². The van der Waals surface area contributed by atoms with Gasteiger partial charge in [-0.15, -0.1) is 0 Å². The molecule has 9 heavy (non-hydrogen) atoms. The van der Waals surface area contributed by atoms with Gasteiger partial charge in [-0.25, -0.2) is 12.5 Å². The summed E-state index contributed by atoms with van der Waals surface area (Å²) in [5.74, 6) is 0. The van der Waals surface area contributed by atoms with Gasteiger partial charge in [0.2, 0.25) is 0 Å². The average Bonchev–Trinajstić information content (AvgIpc) is 1.89. The van der Waals surface area contributed by atoms with E-state index < -0.39 is 7.82 Å². The molecule has 0 heterocycles. The maximum Gasteiger partial charge on any atom is 0.509 e. The molecule has 0 aromatic carbocycles. The molecule has 0 saturated carbocycles. The van der Waals surface area contributed by atoms with Gasteiger partial charge in [0.1, 0.15) is 0 Å². The summed E-state index contributed by atoms with van der Waals surface area (Å²) in [7, 11) is -3.61. The standard InChI is InChI=1S/H4NO4PS3/c1-9-5-6(2,3-7)4-8/h7-8H,1H2. The van der Waals surface area contributed by atoms with Gasteiger partial charge < -0.3 is 0 Å². The van der Waals surface area contributed by atoms with Crippen molar-refractivity contribution in [3.8, 4) is 0 Å². The number of hydrogen-bond acceptors (Lipinski definition) is 8. The van der Waals surface area contributed by atoms with Gasteiger partial charge in [-0.3, -0.25) is 5.14 Å². The SMILES string of the molecule is NSOP(=O)(OS)OS. The lowest BCUT2D eigenvalue weighted by molar-refractivity contribution is 0.354. The first-order valence-corrected chi connectivity index (χ1v) is 4.49. The van der Waals surface area contributed by atoms with Gasteiger partial charge in [-0.2, -0.15) is 3.97 Å². The molecule has 0 rings (SSSR count). The minimum Gasteiger partial charge on any atom is -0.253 e. The third kappa shape index (κ3) is 3.74. The van der Waals surface area contributed by atoms with Crippen molar-refractivity contribution in [3.05, 3.63) is 0 Å². The Labute approximate surface area is 67.8 Å². The quantitative estimate of drug-likeness (QED) is 0.281. The Kier molecular flexibility index (Phi) is 5.47. The Morgan fingerprint density at radius 3 is 2.00 bits per heavy atom. The highest BCUT2D eigenvalue weighted by Gasteiger charge is 2.24. The van der Waals surface area contributed by atoms with E-state index in [2.05, 4.69) is 37.7 Å². The van der Waals surface area contributed by atoms with Crippen molar-refractivity contribution in [3.63, 3.8) is 0 Å². The van der Waals surface area contributed by atoms with E-state index in [0.29, 0.717) is 12.2 Å². The van der Waals surface area contributed by atoms with E-state index in [4.69, 9.17) is 5.14 Å². The summed E-state index contributed by atoms with van der Waals surface area (Å²) in [6, 6.07) is 0. The molecule has 0 fully saturated rings. The van der Waals surface area contributed by atoms with Gasteiger partial charge in [0, 0.05) is 0 Å². The Morgan fingerprint density at radius 1 is 1.44 bits per heavy atom. The van der Waals surface area contributed by atoms with Crippen molar-refractivity contribution in [2.45, 2.75) is 0 Å². The molecule has 0 aliphatic heterocycles. The fourth-order valence-corrected chi connectivity index (χ4v) is 1.61. The summed E-state index contributed by atoms with van der Waals surface area (Å²) in [6.07, 6.45) is 0. The highest BCUT2D eigenvalue weighted by atomic mass is 32.2. The number of nitrogens with two attached hydrogens (primary N) is 1. The lowest BCUT2D eigenvalue weighted by Crippen LogP contribution is -1.85. The Morgan fingerprint density at radius 2 is 1.89 bits per heavy atom. The molecular formula is H4NO4PS3. The molecule has 0 aliphatic carbocycles. The minimum absolute atomic E-state index is 0.347. The van der Waals surface area contributed by atoms with E-state index in [1.165, 1.54) is 0 Å². The Bertz CT molecular complexity index is 108. The molecule has 0 saturated heterocycles. The van der Waals surface area contributed by atoms with Crippen molar-refractivity contribution in [2.75, 3.05) is 0 Å². The molecule has 5 nitrogen and oxygen atoms in total. The van der Waals surface area contributed by atoms with Gasteiger partial charge in [-0.05, 0) is 25.8 Å². The van der Waals surface area contributed by atoms with Crippen LogP contribution < -0.4 is 5.14 Å². The van der Waals surface area contributed by atoms with Crippen molar-refractivity contribution in [1.29, 1.82) is 0 Å². The van der Waals surface area contributed by atoms with Crippen LogP contribution in [0, 0.1) is 0 Å². The van der Waals surface area contributed by atoms with E-state index in [0.717, 1.165) is 0 Å². The minimum atomic E-state index is -3.61. The van der Waals surface area contributed by atoms with Crippen LogP contribution in [0.2, 0.25) is 0 Å². The first-order valence-electron chi connectivity index (χ1n) is 1.50. The van der Waals surface area contributed by atoms with Crippen molar-refractivity contribution < 1.29 is 16.5 Å². The highest BCUT2D eigenvalue weighted by molar-refractivity contribution is 7.97. The number of phosphoric acid groups is 1. The normalized spacial score (nSPS) is 11.9. The van der Waals surface area contributed by atoms with Crippen LogP contribution in [-0.2, 0) is 16.5 Å². The number of thiol groups is 2. The van der Waals surface area contributed by atoms with Gasteiger partial charge >= 0.3 is 7.82 Å². The molecule has 56 valence electrons. The topological polar surface area (TPSA) is 70.8 Å². The predicted molar refractivity (Wildman–Crippen MR) is 40.6 cm³/mol. The van der Waals surface area contributed by atoms with E-state index >= 15 is 0 Å². The summed E-state index contributed by atoms with van der Waals surface area (Å²) < 4.78 is 22.7. The molecular weight excluding hydrogens is 205 g/mol. The van der Waals surface area contributed by atoms with Gasteiger partial charge in [0.15, 0.2) is 0 Å². The molecule has 0 aliphatic rings. The van der Waals surface area contributed by atoms with Gasteiger partial charge in [0.05, 0.1) is 12.2 Å². The van der Waals surface area contributed by atoms with Crippen LogP contribution in [0.25, 0.3) is 0 Å². The Balaban J connectivity index is 3.78. The third-order valence-electron chi connectivity index (χ3n) is 0.334. The van der Waals surface area contributed by atoms with Crippen LogP contribution >= 0.6 is 45.9 Å². The lowest BCUT2D eigenvalue weighted by atomic mass is 14.0. The molecule has 0 bridgehead atoms. The first kappa shape index (κ1) is 10.1. The summed E-state index contributed by atoms with van der Waals surface area (Å²) in [5.41, 5.74) is 0. The first-order chi connectivity index (χ1) is 4.18. The molecule has 9 heteroatoms. The summed E-state index contributed by atoms with van der Waals surface area (Å²) in [6.45, 7) is 0. The Hall–Kier alpha value is 1.12. The number of rotatable bonds is 4. The summed E-state index contributed by atoms with van der Waals surface area (Å²) in [4.78, 5) is 0. The van der Waals surface area contributed by atoms with Gasteiger partial charge in [-0.1, -0.05) is 0 Å². The van der Waals surface area contributed by atoms with E-state index in [1.54, 1.807) is 0 Å². The lowest BCUT2D eigenvalue weighted by Gasteiger charge is -2.06. The molecule has 2 N–H and O–H groups in total. The van der Waals surface area contributed by atoms with Crippen molar-refractivity contribution >= 4 is 45.9 Å². The smallest absolute Gasteiger partial charge is 0.253 e. The average molecular weight is 209 g/mol. The van der Waals surface area contributed by atoms with Crippen LogP contribution in [-0.4, -0.2) is 0 Å². The molecule has 0 unspecified atom stereocenters. The summed E-state index contributed by atoms with van der Waals surface area (Å²) >= 11 is 6.72. The van der Waals surface area contributed by atoms with Gasteiger partial charge in [0.25, 0.3) is 0 Å². The van der Waals surface area contributed by atoms with E-state index in [9.17, 15) is 4.57 Å². The van der Waals surface area contributed by atoms with Crippen LogP contribution in [0.1, 0.15) is 0 Å². The maximum absolute atomic E-state index is 10.6. The molecule has 0 atom stereocenters. The zero-order valence-corrected chi connectivity index (χ0v) is 7.46. The van der Waals surface area contributed by atoms with Crippen LogP contribution in [0.5, 0.6) is 0 Å². The second kappa shape index (κ2) is 4.86. The summed E-state index contributed by atoms with van der Waals surface area (Å²) in [5, 5.41) is 4.76. The highest BCUT2D eigenvalue weighted by Crippen LogP contribution is 2.53. The zero-order valence-electron chi connectivity index (χ0n) is 3.96. The second-order valence-corrected chi connectivity index (χ2v) is 3.77. The molecule has 0 radical (unpaired) electrons. The van der Waals surface area contributed by atoms with Crippen molar-refractivity contribution in [2.24, 2.45) is 5.14 Å². The fraction of sp³-hybridized carbons (Fsp3) is 0. The van der Waals surface area contributed by atoms with Crippen molar-refractivity contribution in [1.82, 2.24) is 0 Å². The van der Waals surface area contributed by atoms with E-state index in [-0.39, 0.29) is 0 Å². The fourth-order valence-electron chi connectivity index (χ4n) is 0.0948.